The second-order valence-corrected chi connectivity index (χ2v) is 8.41. The number of rotatable bonds is 12. The third-order valence-electron chi connectivity index (χ3n) is 5.83. The van der Waals surface area contributed by atoms with Crippen molar-refractivity contribution >= 4 is 23.2 Å². The first-order valence-corrected chi connectivity index (χ1v) is 11.5. The van der Waals surface area contributed by atoms with Gasteiger partial charge in [-0.3, -0.25) is 19.4 Å². The van der Waals surface area contributed by atoms with Crippen LogP contribution in [0.4, 0.5) is 11.4 Å². The van der Waals surface area contributed by atoms with E-state index in [1.54, 1.807) is 0 Å². The molecule has 0 aliphatic heterocycles. The van der Waals surface area contributed by atoms with Gasteiger partial charge in [-0.25, -0.2) is 0 Å². The number of para-hydroxylation sites is 2. The predicted molar refractivity (Wildman–Crippen MR) is 133 cm³/mol. The number of hydrogen-bond acceptors (Lipinski definition) is 4. The maximum absolute atomic E-state index is 12.5. The lowest BCUT2D eigenvalue weighted by atomic mass is 10.1. The lowest BCUT2D eigenvalue weighted by molar-refractivity contribution is -0.117. The summed E-state index contributed by atoms with van der Waals surface area (Å²) in [5.74, 6) is -0.0223. The standard InChI is InChI=1S/C26H38N4O2/c1-6-21-12-8-10-14-23(21)27-25(31)18-29(4)17-16-20(3)30(5)19-26(32)28-24-15-11-9-13-22(24)7-2/h8-15,20H,6-7,16-19H2,1-5H3,(H,27,31)(H,28,32)/t20-/m0/s1. The zero-order valence-electron chi connectivity index (χ0n) is 20.1. The predicted octanol–water partition coefficient (Wildman–Crippen LogP) is 4.03. The molecule has 0 aliphatic carbocycles. The summed E-state index contributed by atoms with van der Waals surface area (Å²) in [4.78, 5) is 29.0. The maximum Gasteiger partial charge on any atom is 0.238 e. The van der Waals surface area contributed by atoms with Crippen molar-refractivity contribution in [2.75, 3.05) is 44.4 Å². The first-order valence-electron chi connectivity index (χ1n) is 11.5. The minimum Gasteiger partial charge on any atom is -0.325 e. The van der Waals surface area contributed by atoms with E-state index in [0.29, 0.717) is 13.1 Å². The van der Waals surface area contributed by atoms with E-state index in [2.05, 4.69) is 36.3 Å². The number of carbonyl (C=O) groups is 2. The van der Waals surface area contributed by atoms with E-state index in [9.17, 15) is 9.59 Å². The van der Waals surface area contributed by atoms with Crippen LogP contribution in [0.2, 0.25) is 0 Å². The Labute approximate surface area is 193 Å². The van der Waals surface area contributed by atoms with Gasteiger partial charge in [0.1, 0.15) is 0 Å². The highest BCUT2D eigenvalue weighted by Crippen LogP contribution is 2.16. The van der Waals surface area contributed by atoms with Crippen molar-refractivity contribution in [1.29, 1.82) is 0 Å². The monoisotopic (exact) mass is 438 g/mol. The average Bonchev–Trinajstić information content (AvgIpc) is 2.77. The van der Waals surface area contributed by atoms with Crippen molar-refractivity contribution in [3.05, 3.63) is 59.7 Å². The number of carbonyl (C=O) groups excluding carboxylic acids is 2. The minimum atomic E-state index is -0.0115. The average molecular weight is 439 g/mol. The van der Waals surface area contributed by atoms with Gasteiger partial charge in [0.05, 0.1) is 13.1 Å². The molecule has 6 nitrogen and oxygen atoms in total. The van der Waals surface area contributed by atoms with Gasteiger partial charge in [0.25, 0.3) is 0 Å². The second kappa shape index (κ2) is 13.0. The van der Waals surface area contributed by atoms with Crippen LogP contribution in [0, 0.1) is 0 Å². The Bertz CT molecular complexity index is 884. The molecule has 0 unspecified atom stereocenters. The van der Waals surface area contributed by atoms with E-state index in [1.807, 2.05) is 67.5 Å². The number of anilines is 2. The van der Waals surface area contributed by atoms with Crippen molar-refractivity contribution in [2.45, 2.75) is 46.1 Å². The highest BCUT2D eigenvalue weighted by Gasteiger charge is 2.16. The summed E-state index contributed by atoms with van der Waals surface area (Å²) < 4.78 is 0. The summed E-state index contributed by atoms with van der Waals surface area (Å²) in [5, 5.41) is 6.04. The fraction of sp³-hybridized carbons (Fsp3) is 0.462. The van der Waals surface area contributed by atoms with Gasteiger partial charge in [-0.2, -0.15) is 0 Å². The fourth-order valence-electron chi connectivity index (χ4n) is 3.61. The number of benzene rings is 2. The van der Waals surface area contributed by atoms with Gasteiger partial charge in [-0.1, -0.05) is 50.2 Å². The Morgan fingerprint density at radius 2 is 1.28 bits per heavy atom. The first-order chi connectivity index (χ1) is 15.3. The van der Waals surface area contributed by atoms with E-state index in [-0.39, 0.29) is 17.9 Å². The van der Waals surface area contributed by atoms with E-state index in [4.69, 9.17) is 0 Å². The molecule has 2 rings (SSSR count). The smallest absolute Gasteiger partial charge is 0.238 e. The molecule has 0 spiro atoms. The number of likely N-dealkylation sites (N-methyl/N-ethyl adjacent to an activating group) is 2. The van der Waals surface area contributed by atoms with Crippen LogP contribution >= 0.6 is 0 Å². The summed E-state index contributed by atoms with van der Waals surface area (Å²) in [6.07, 6.45) is 2.63. The normalized spacial score (nSPS) is 12.1. The molecule has 0 saturated carbocycles. The highest BCUT2D eigenvalue weighted by atomic mass is 16.2. The molecular weight excluding hydrogens is 400 g/mol. The maximum atomic E-state index is 12.5. The van der Waals surface area contributed by atoms with Gasteiger partial charge >= 0.3 is 0 Å². The zero-order chi connectivity index (χ0) is 23.5. The topological polar surface area (TPSA) is 64.7 Å². The summed E-state index contributed by atoms with van der Waals surface area (Å²) in [5.41, 5.74) is 4.05. The zero-order valence-corrected chi connectivity index (χ0v) is 20.1. The van der Waals surface area contributed by atoms with Crippen molar-refractivity contribution in [3.63, 3.8) is 0 Å². The molecule has 0 fully saturated rings. The van der Waals surface area contributed by atoms with Crippen LogP contribution in [-0.4, -0.2) is 61.4 Å². The molecule has 0 heterocycles. The molecular formula is C26H38N4O2. The number of hydrogen-bond donors (Lipinski definition) is 2. The Morgan fingerprint density at radius 1 is 0.812 bits per heavy atom. The van der Waals surface area contributed by atoms with Gasteiger partial charge in [0.2, 0.25) is 11.8 Å². The number of aryl methyl sites for hydroxylation is 2. The third kappa shape index (κ3) is 8.09. The van der Waals surface area contributed by atoms with Crippen LogP contribution in [0.3, 0.4) is 0 Å². The number of amides is 2. The third-order valence-corrected chi connectivity index (χ3v) is 5.83. The molecule has 0 aliphatic rings. The lowest BCUT2D eigenvalue weighted by Gasteiger charge is -2.26. The number of nitrogens with zero attached hydrogens (tertiary/aromatic N) is 2. The van der Waals surface area contributed by atoms with Gasteiger partial charge in [-0.15, -0.1) is 0 Å². The molecule has 0 saturated heterocycles. The van der Waals surface area contributed by atoms with Crippen molar-refractivity contribution in [1.82, 2.24) is 9.80 Å². The molecule has 2 N–H and O–H groups in total. The van der Waals surface area contributed by atoms with Gasteiger partial charge in [0.15, 0.2) is 0 Å². The molecule has 174 valence electrons. The summed E-state index contributed by atoms with van der Waals surface area (Å²) in [7, 11) is 3.91. The van der Waals surface area contributed by atoms with Gasteiger partial charge in [-0.05, 0) is 70.1 Å². The van der Waals surface area contributed by atoms with E-state index in [1.165, 1.54) is 0 Å². The van der Waals surface area contributed by atoms with Gasteiger partial charge in [0, 0.05) is 17.4 Å². The first kappa shape index (κ1) is 25.6. The van der Waals surface area contributed by atoms with Crippen LogP contribution < -0.4 is 10.6 Å². The van der Waals surface area contributed by atoms with Crippen LogP contribution in [0.1, 0.15) is 38.3 Å². The Balaban J connectivity index is 1.75. The Kier molecular flexibility index (Phi) is 10.4. The van der Waals surface area contributed by atoms with Crippen LogP contribution in [0.25, 0.3) is 0 Å². The SMILES string of the molecule is CCc1ccccc1NC(=O)CN(C)CC[C@H](C)N(C)CC(=O)Nc1ccccc1CC. The summed E-state index contributed by atoms with van der Waals surface area (Å²) >= 11 is 0. The minimum absolute atomic E-state index is 0.0108. The number of nitrogens with one attached hydrogen (secondary N) is 2. The van der Waals surface area contributed by atoms with E-state index < -0.39 is 0 Å². The van der Waals surface area contributed by atoms with E-state index >= 15 is 0 Å². The molecule has 2 aromatic carbocycles. The highest BCUT2D eigenvalue weighted by molar-refractivity contribution is 5.93. The largest absolute Gasteiger partial charge is 0.325 e. The van der Waals surface area contributed by atoms with E-state index in [0.717, 1.165) is 48.3 Å². The fourth-order valence-corrected chi connectivity index (χ4v) is 3.61. The van der Waals surface area contributed by atoms with Crippen molar-refractivity contribution < 1.29 is 9.59 Å². The van der Waals surface area contributed by atoms with Crippen molar-refractivity contribution in [3.8, 4) is 0 Å². The molecule has 6 heteroatoms. The molecule has 0 radical (unpaired) electrons. The molecule has 2 aromatic rings. The van der Waals surface area contributed by atoms with Crippen LogP contribution in [0.5, 0.6) is 0 Å². The Hall–Kier alpha value is -2.70. The van der Waals surface area contributed by atoms with Crippen LogP contribution in [0.15, 0.2) is 48.5 Å². The van der Waals surface area contributed by atoms with Gasteiger partial charge < -0.3 is 10.6 Å². The van der Waals surface area contributed by atoms with Crippen LogP contribution in [-0.2, 0) is 22.4 Å². The molecule has 0 bridgehead atoms. The summed E-state index contributed by atoms with van der Waals surface area (Å²) in [6, 6.07) is 16.0. The van der Waals surface area contributed by atoms with Crippen molar-refractivity contribution in [2.24, 2.45) is 0 Å². The summed E-state index contributed by atoms with van der Waals surface area (Å²) in [6.45, 7) is 7.71. The molecule has 0 aromatic heterocycles. The molecule has 32 heavy (non-hydrogen) atoms. The lowest BCUT2D eigenvalue weighted by Crippen LogP contribution is -2.39. The second-order valence-electron chi connectivity index (χ2n) is 8.41. The molecule has 2 amide bonds. The Morgan fingerprint density at radius 3 is 1.78 bits per heavy atom. The molecule has 1 atom stereocenters. The quantitative estimate of drug-likeness (QED) is 0.525.